The van der Waals surface area contributed by atoms with Gasteiger partial charge in [0.15, 0.2) is 0 Å². The van der Waals surface area contributed by atoms with Crippen LogP contribution >= 0.6 is 31.9 Å². The van der Waals surface area contributed by atoms with Crippen LogP contribution < -0.4 is 17.0 Å². The third-order valence-corrected chi connectivity index (χ3v) is 7.51. The second-order valence-corrected chi connectivity index (χ2v) is 10.9. The Hall–Kier alpha value is 0.276. The number of rotatable bonds is 3. The Balaban J connectivity index is 0.000000193. The Morgan fingerprint density at radius 1 is 0.812 bits per heavy atom. The summed E-state index contributed by atoms with van der Waals surface area (Å²) in [5.41, 5.74) is 2.36. The first-order valence-electron chi connectivity index (χ1n) is 11.0. The molecule has 4 fully saturated rings. The number of Topliss-reactive ketones (excluding diaryl/α,β-unsaturated/α-hetero) is 1. The van der Waals surface area contributed by atoms with E-state index in [0.717, 1.165) is 34.6 Å². The molecule has 0 aromatic heterocycles. The number of benzene rings is 2. The molecule has 168 valence electrons. The molecule has 6 rings (SSSR count). The summed E-state index contributed by atoms with van der Waals surface area (Å²) in [5, 5.41) is 10.2. The Bertz CT molecular complexity index is 847. The van der Waals surface area contributed by atoms with Crippen LogP contribution in [0, 0.1) is 12.3 Å². The van der Waals surface area contributed by atoms with E-state index in [-0.39, 0.29) is 45.6 Å². The second-order valence-electron chi connectivity index (χ2n) is 9.10. The van der Waals surface area contributed by atoms with Crippen LogP contribution in [-0.4, -0.2) is 39.5 Å². The van der Waals surface area contributed by atoms with E-state index >= 15 is 0 Å². The van der Waals surface area contributed by atoms with E-state index in [1.54, 1.807) is 0 Å². The van der Waals surface area contributed by atoms with Gasteiger partial charge in [0.1, 0.15) is 5.78 Å². The van der Waals surface area contributed by atoms with Gasteiger partial charge in [-0.2, -0.15) is 0 Å². The van der Waals surface area contributed by atoms with Crippen LogP contribution in [0.25, 0.3) is 0 Å². The molecule has 0 atom stereocenters. The van der Waals surface area contributed by atoms with Gasteiger partial charge in [-0.3, -0.25) is 4.79 Å². The minimum Gasteiger partial charge on any atom is -1.00 e. The molecular formula is C26H29Br3MgO2. The number of aliphatic hydroxyl groups is 1. The minimum atomic E-state index is -0.308. The molecule has 2 aromatic rings. The zero-order chi connectivity index (χ0) is 21.1. The van der Waals surface area contributed by atoms with Crippen molar-refractivity contribution in [2.45, 2.75) is 68.8 Å². The quantitative estimate of drug-likeness (QED) is 0.409. The number of carbonyl (C=O) groups is 1. The van der Waals surface area contributed by atoms with Gasteiger partial charge in [0, 0.05) is 21.8 Å². The molecule has 4 aliphatic carbocycles. The summed E-state index contributed by atoms with van der Waals surface area (Å²) in [7, 11) is 0. The van der Waals surface area contributed by atoms with Crippen LogP contribution in [0.15, 0.2) is 57.5 Å². The number of hydrogen-bond acceptors (Lipinski definition) is 2. The van der Waals surface area contributed by atoms with Crippen molar-refractivity contribution in [2.24, 2.45) is 5.92 Å². The Morgan fingerprint density at radius 2 is 1.22 bits per heavy atom. The summed E-state index contributed by atoms with van der Waals surface area (Å²) in [4.78, 5) is 10.7. The predicted octanol–water partition coefficient (Wildman–Crippen LogP) is 3.97. The fourth-order valence-electron chi connectivity index (χ4n) is 4.18. The molecule has 0 bridgehead atoms. The molecule has 2 aromatic carbocycles. The van der Waals surface area contributed by atoms with Crippen molar-refractivity contribution in [2.75, 3.05) is 0 Å². The second kappa shape index (κ2) is 12.8. The van der Waals surface area contributed by atoms with Gasteiger partial charge in [-0.25, -0.2) is 12.8 Å². The van der Waals surface area contributed by atoms with Crippen LogP contribution in [-0.2, 0) is 4.79 Å². The van der Waals surface area contributed by atoms with Crippen LogP contribution in [0.4, 0.5) is 0 Å². The van der Waals surface area contributed by atoms with Crippen molar-refractivity contribution in [1.29, 1.82) is 0 Å². The SMILES string of the molecule is O=C1CC(c2ccc(Br)cc2)C1.OC1(C2CC2)CC(c2ccc(Br)cc2)C1.[Br-].[CH-]1CC1.[Mg+2]. The van der Waals surface area contributed by atoms with E-state index in [0.29, 0.717) is 23.5 Å². The first kappa shape index (κ1) is 28.5. The zero-order valence-corrected chi connectivity index (χ0v) is 24.5. The van der Waals surface area contributed by atoms with Gasteiger partial charge < -0.3 is 28.5 Å². The van der Waals surface area contributed by atoms with Crippen LogP contribution in [0.1, 0.15) is 74.3 Å². The van der Waals surface area contributed by atoms with Gasteiger partial charge in [0.05, 0.1) is 5.60 Å². The molecule has 0 saturated heterocycles. The molecule has 4 aliphatic rings. The van der Waals surface area contributed by atoms with E-state index in [2.05, 4.69) is 74.7 Å². The summed E-state index contributed by atoms with van der Waals surface area (Å²) in [6.45, 7) is 0. The summed E-state index contributed by atoms with van der Waals surface area (Å²) >= 11 is 6.82. The van der Waals surface area contributed by atoms with Crippen LogP contribution in [0.5, 0.6) is 0 Å². The maximum Gasteiger partial charge on any atom is 2.00 e. The standard InChI is InChI=1S/C13H15BrO.C10H9BrO.C3H5.BrH.Mg/c14-12-5-1-9(2-6-12)10-7-13(15,8-10)11-3-4-11;11-9-3-1-7(2-4-9)8-5-10(12)6-8;1-2-3-1;;/h1-2,5-6,10-11,15H,3-4,7-8H2;1-4,8H,5-6H2;1H,2-3H2;1H;/q;;-1;;+2/p-1. The van der Waals surface area contributed by atoms with Crippen molar-refractivity contribution in [3.63, 3.8) is 0 Å². The van der Waals surface area contributed by atoms with Crippen molar-refractivity contribution < 1.29 is 26.9 Å². The Labute approximate surface area is 235 Å². The van der Waals surface area contributed by atoms with Crippen LogP contribution in [0.2, 0.25) is 0 Å². The van der Waals surface area contributed by atoms with E-state index in [4.69, 9.17) is 0 Å². The topological polar surface area (TPSA) is 37.3 Å². The molecule has 6 heteroatoms. The average Bonchev–Trinajstić information content (AvgIpc) is 3.57. The smallest absolute Gasteiger partial charge is 1.00 e. The normalized spacial score (nSPS) is 25.2. The van der Waals surface area contributed by atoms with Crippen molar-refractivity contribution in [3.05, 3.63) is 75.0 Å². The van der Waals surface area contributed by atoms with E-state index in [1.807, 2.05) is 12.1 Å². The predicted molar refractivity (Wildman–Crippen MR) is 134 cm³/mol. The van der Waals surface area contributed by atoms with Crippen molar-refractivity contribution in [3.8, 4) is 0 Å². The summed E-state index contributed by atoms with van der Waals surface area (Å²) in [6, 6.07) is 16.7. The molecular weight excluding hydrogens is 608 g/mol. The van der Waals surface area contributed by atoms with Crippen LogP contribution in [0.3, 0.4) is 0 Å². The Kier molecular flexibility index (Phi) is 11.4. The fourth-order valence-corrected chi connectivity index (χ4v) is 4.71. The third kappa shape index (κ3) is 8.19. The maximum absolute atomic E-state index is 10.7. The molecule has 4 saturated carbocycles. The largest absolute Gasteiger partial charge is 2.00 e. The zero-order valence-electron chi connectivity index (χ0n) is 18.3. The van der Waals surface area contributed by atoms with Gasteiger partial charge in [0.25, 0.3) is 0 Å². The molecule has 0 aliphatic heterocycles. The molecule has 32 heavy (non-hydrogen) atoms. The number of hydrogen-bond donors (Lipinski definition) is 1. The van der Waals surface area contributed by atoms with Gasteiger partial charge >= 0.3 is 23.1 Å². The fraction of sp³-hybridized carbons (Fsp3) is 0.462. The van der Waals surface area contributed by atoms with Crippen molar-refractivity contribution >= 4 is 60.7 Å². The minimum absolute atomic E-state index is 0. The van der Waals surface area contributed by atoms with Crippen molar-refractivity contribution in [1.82, 2.24) is 0 Å². The first-order valence-corrected chi connectivity index (χ1v) is 12.6. The Morgan fingerprint density at radius 3 is 1.56 bits per heavy atom. The molecule has 0 amide bonds. The molecule has 2 nitrogen and oxygen atoms in total. The number of carbonyl (C=O) groups excluding carboxylic acids is 1. The average molecular weight is 638 g/mol. The molecule has 0 heterocycles. The van der Waals surface area contributed by atoms with E-state index in [1.165, 1.54) is 36.8 Å². The van der Waals surface area contributed by atoms with Gasteiger partial charge in [-0.15, -0.1) is 0 Å². The third-order valence-electron chi connectivity index (χ3n) is 6.46. The molecule has 0 unspecified atom stereocenters. The summed E-state index contributed by atoms with van der Waals surface area (Å²) in [6.07, 6.45) is 10.9. The van der Waals surface area contributed by atoms with Gasteiger partial charge in [0.2, 0.25) is 0 Å². The first-order chi connectivity index (χ1) is 14.4. The van der Waals surface area contributed by atoms with Gasteiger partial charge in [-0.05, 0) is 78.8 Å². The van der Waals surface area contributed by atoms with E-state index < -0.39 is 0 Å². The number of halogens is 3. The van der Waals surface area contributed by atoms with Gasteiger partial charge in [-0.1, -0.05) is 56.1 Å². The summed E-state index contributed by atoms with van der Waals surface area (Å²) in [5.74, 6) is 2.08. The molecule has 0 spiro atoms. The number of ketones is 1. The monoisotopic (exact) mass is 634 g/mol. The molecule has 1 N–H and O–H groups in total. The maximum atomic E-state index is 10.7. The molecule has 0 radical (unpaired) electrons. The van der Waals surface area contributed by atoms with E-state index in [9.17, 15) is 9.90 Å². The summed E-state index contributed by atoms with van der Waals surface area (Å²) < 4.78 is 2.22.